The van der Waals surface area contributed by atoms with Gasteiger partial charge in [-0.15, -0.1) is 0 Å². The van der Waals surface area contributed by atoms with Crippen LogP contribution in [0.4, 0.5) is 5.82 Å². The first-order valence-corrected chi connectivity index (χ1v) is 7.16. The Morgan fingerprint density at radius 1 is 1.32 bits per heavy atom. The maximum Gasteiger partial charge on any atom is 0.146 e. The standard InChI is InChI=1S/C15H22N4/c1-12-17-14(11-16)10-15(18-12)19(2)9-8-13-6-4-3-5-7-13/h10,13H,3-9H2,1-2H3. The Morgan fingerprint density at radius 2 is 2.05 bits per heavy atom. The van der Waals surface area contributed by atoms with E-state index in [1.165, 1.54) is 38.5 Å². The normalized spacial score (nSPS) is 16.1. The van der Waals surface area contributed by atoms with Crippen LogP contribution in [0.25, 0.3) is 0 Å². The summed E-state index contributed by atoms with van der Waals surface area (Å²) in [6.07, 6.45) is 8.16. The van der Waals surface area contributed by atoms with Crippen LogP contribution in [0.15, 0.2) is 6.07 Å². The lowest BCUT2D eigenvalue weighted by molar-refractivity contribution is 0.341. The Balaban J connectivity index is 1.93. The van der Waals surface area contributed by atoms with E-state index in [0.29, 0.717) is 11.5 Å². The molecule has 0 saturated heterocycles. The van der Waals surface area contributed by atoms with Crippen molar-refractivity contribution in [3.63, 3.8) is 0 Å². The van der Waals surface area contributed by atoms with Crippen LogP contribution in [0, 0.1) is 24.2 Å². The second-order valence-electron chi connectivity index (χ2n) is 5.48. The zero-order chi connectivity index (χ0) is 13.7. The summed E-state index contributed by atoms with van der Waals surface area (Å²) >= 11 is 0. The van der Waals surface area contributed by atoms with Gasteiger partial charge in [0.2, 0.25) is 0 Å². The zero-order valence-corrected chi connectivity index (χ0v) is 11.9. The summed E-state index contributed by atoms with van der Waals surface area (Å²) in [6.45, 7) is 2.84. The highest BCUT2D eigenvalue weighted by atomic mass is 15.2. The minimum Gasteiger partial charge on any atom is -0.360 e. The number of aromatic nitrogens is 2. The Morgan fingerprint density at radius 3 is 2.74 bits per heavy atom. The molecular weight excluding hydrogens is 236 g/mol. The number of nitriles is 1. The lowest BCUT2D eigenvalue weighted by Gasteiger charge is -2.25. The molecule has 4 heteroatoms. The molecule has 0 aliphatic heterocycles. The van der Waals surface area contributed by atoms with Crippen LogP contribution in [-0.4, -0.2) is 23.6 Å². The molecule has 0 N–H and O–H groups in total. The Bertz CT molecular complexity index is 458. The van der Waals surface area contributed by atoms with Crippen molar-refractivity contribution >= 4 is 5.82 Å². The van der Waals surface area contributed by atoms with Crippen molar-refractivity contribution in [2.75, 3.05) is 18.5 Å². The summed E-state index contributed by atoms with van der Waals surface area (Å²) in [4.78, 5) is 10.6. The molecule has 0 atom stereocenters. The highest BCUT2D eigenvalue weighted by molar-refractivity contribution is 5.41. The number of anilines is 1. The summed E-state index contributed by atoms with van der Waals surface area (Å²) in [6, 6.07) is 3.86. The van der Waals surface area contributed by atoms with Crippen LogP contribution >= 0.6 is 0 Å². The van der Waals surface area contributed by atoms with Crippen LogP contribution < -0.4 is 4.90 Å². The molecular formula is C15H22N4. The van der Waals surface area contributed by atoms with Gasteiger partial charge < -0.3 is 4.90 Å². The van der Waals surface area contributed by atoms with Crippen molar-refractivity contribution < 1.29 is 0 Å². The van der Waals surface area contributed by atoms with Crippen molar-refractivity contribution in [1.29, 1.82) is 5.26 Å². The molecule has 0 amide bonds. The van der Waals surface area contributed by atoms with Gasteiger partial charge in [0.15, 0.2) is 0 Å². The van der Waals surface area contributed by atoms with E-state index in [4.69, 9.17) is 5.26 Å². The van der Waals surface area contributed by atoms with Gasteiger partial charge in [0.1, 0.15) is 23.4 Å². The molecule has 1 saturated carbocycles. The number of rotatable bonds is 4. The molecule has 1 aromatic rings. The first-order valence-electron chi connectivity index (χ1n) is 7.16. The maximum atomic E-state index is 8.94. The SMILES string of the molecule is Cc1nc(C#N)cc(N(C)CCC2CCCCC2)n1. The number of hydrogen-bond donors (Lipinski definition) is 0. The van der Waals surface area contributed by atoms with E-state index in [1.54, 1.807) is 6.07 Å². The van der Waals surface area contributed by atoms with Gasteiger partial charge in [0, 0.05) is 19.7 Å². The molecule has 1 fully saturated rings. The predicted octanol–water partition coefficient (Wildman–Crippen LogP) is 3.06. The van der Waals surface area contributed by atoms with Crippen molar-refractivity contribution in [1.82, 2.24) is 9.97 Å². The van der Waals surface area contributed by atoms with Gasteiger partial charge in [0.25, 0.3) is 0 Å². The first-order chi connectivity index (χ1) is 9.19. The lowest BCUT2D eigenvalue weighted by atomic mass is 9.87. The van der Waals surface area contributed by atoms with Crippen LogP contribution in [0.3, 0.4) is 0 Å². The van der Waals surface area contributed by atoms with Gasteiger partial charge in [-0.2, -0.15) is 5.26 Å². The Hall–Kier alpha value is -1.63. The van der Waals surface area contributed by atoms with Crippen LogP contribution in [0.5, 0.6) is 0 Å². The molecule has 0 unspecified atom stereocenters. The Labute approximate surface area is 115 Å². The number of nitrogens with zero attached hydrogens (tertiary/aromatic N) is 4. The molecule has 1 heterocycles. The molecule has 0 aromatic carbocycles. The second-order valence-corrected chi connectivity index (χ2v) is 5.48. The van der Waals surface area contributed by atoms with Crippen molar-refractivity contribution in [2.24, 2.45) is 5.92 Å². The fourth-order valence-electron chi connectivity index (χ4n) is 2.77. The quantitative estimate of drug-likeness (QED) is 0.833. The number of hydrogen-bond acceptors (Lipinski definition) is 4. The van der Waals surface area contributed by atoms with E-state index < -0.39 is 0 Å². The second kappa shape index (κ2) is 6.51. The minimum atomic E-state index is 0.451. The number of aryl methyl sites for hydroxylation is 1. The molecule has 1 aromatic heterocycles. The summed E-state index contributed by atoms with van der Waals surface area (Å²) in [5.41, 5.74) is 0.451. The van der Waals surface area contributed by atoms with Crippen LogP contribution in [0.1, 0.15) is 50.0 Å². The smallest absolute Gasteiger partial charge is 0.146 e. The lowest BCUT2D eigenvalue weighted by Crippen LogP contribution is -2.23. The van der Waals surface area contributed by atoms with Gasteiger partial charge in [-0.05, 0) is 19.3 Å². The predicted molar refractivity (Wildman–Crippen MR) is 75.9 cm³/mol. The van der Waals surface area contributed by atoms with Crippen LogP contribution in [-0.2, 0) is 0 Å². The van der Waals surface area contributed by atoms with Crippen LogP contribution in [0.2, 0.25) is 0 Å². The van der Waals surface area contributed by atoms with Crippen molar-refractivity contribution in [3.8, 4) is 6.07 Å². The van der Waals surface area contributed by atoms with E-state index in [0.717, 1.165) is 18.3 Å². The maximum absolute atomic E-state index is 8.94. The summed E-state index contributed by atoms with van der Waals surface area (Å²) in [5, 5.41) is 8.94. The summed E-state index contributed by atoms with van der Waals surface area (Å²) < 4.78 is 0. The van der Waals surface area contributed by atoms with E-state index in [1.807, 2.05) is 14.0 Å². The molecule has 1 aliphatic carbocycles. The topological polar surface area (TPSA) is 52.8 Å². The Kier molecular flexibility index (Phi) is 4.73. The fourth-order valence-corrected chi connectivity index (χ4v) is 2.77. The third kappa shape index (κ3) is 3.92. The third-order valence-corrected chi connectivity index (χ3v) is 3.93. The van der Waals surface area contributed by atoms with E-state index in [2.05, 4.69) is 20.9 Å². The van der Waals surface area contributed by atoms with E-state index in [9.17, 15) is 0 Å². The van der Waals surface area contributed by atoms with Gasteiger partial charge in [-0.25, -0.2) is 9.97 Å². The molecule has 102 valence electrons. The van der Waals surface area contributed by atoms with Gasteiger partial charge >= 0.3 is 0 Å². The zero-order valence-electron chi connectivity index (χ0n) is 11.9. The highest BCUT2D eigenvalue weighted by Gasteiger charge is 2.14. The molecule has 0 bridgehead atoms. The summed E-state index contributed by atoms with van der Waals surface area (Å²) in [5.74, 6) is 2.40. The first kappa shape index (κ1) is 13.8. The van der Waals surface area contributed by atoms with E-state index >= 15 is 0 Å². The molecule has 2 rings (SSSR count). The molecule has 4 nitrogen and oxygen atoms in total. The van der Waals surface area contributed by atoms with Gasteiger partial charge in [-0.3, -0.25) is 0 Å². The monoisotopic (exact) mass is 258 g/mol. The van der Waals surface area contributed by atoms with Gasteiger partial charge in [-0.1, -0.05) is 32.1 Å². The third-order valence-electron chi connectivity index (χ3n) is 3.93. The van der Waals surface area contributed by atoms with E-state index in [-0.39, 0.29) is 0 Å². The minimum absolute atomic E-state index is 0.451. The highest BCUT2D eigenvalue weighted by Crippen LogP contribution is 2.26. The van der Waals surface area contributed by atoms with Gasteiger partial charge in [0.05, 0.1) is 0 Å². The molecule has 0 spiro atoms. The molecule has 19 heavy (non-hydrogen) atoms. The molecule has 1 aliphatic rings. The average molecular weight is 258 g/mol. The molecule has 0 radical (unpaired) electrons. The largest absolute Gasteiger partial charge is 0.360 e. The van der Waals surface area contributed by atoms with Crippen molar-refractivity contribution in [2.45, 2.75) is 45.4 Å². The average Bonchev–Trinajstić information content (AvgIpc) is 2.45. The fraction of sp³-hybridized carbons (Fsp3) is 0.667. The van der Waals surface area contributed by atoms with Crippen molar-refractivity contribution in [3.05, 3.63) is 17.6 Å². The summed E-state index contributed by atoms with van der Waals surface area (Å²) in [7, 11) is 2.05.